The number of hydrogen-bond donors (Lipinski definition) is 1. The summed E-state index contributed by atoms with van der Waals surface area (Å²) in [6.45, 7) is 3.93. The molecule has 1 fully saturated rings. The second-order valence-corrected chi connectivity index (χ2v) is 7.12. The Balaban J connectivity index is 1.77. The first-order valence-corrected chi connectivity index (χ1v) is 9.43. The Bertz CT molecular complexity index is 787. The van der Waals surface area contributed by atoms with Gasteiger partial charge in [-0.2, -0.15) is 0 Å². The Hall–Kier alpha value is -2.31. The lowest BCUT2D eigenvalue weighted by atomic mass is 9.99. The quantitative estimate of drug-likeness (QED) is 0.817. The predicted molar refractivity (Wildman–Crippen MR) is 107 cm³/mol. The lowest BCUT2D eigenvalue weighted by molar-refractivity contribution is -0.127. The molecule has 2 aromatic rings. The number of likely N-dealkylation sites (tertiary alicyclic amines) is 1. The maximum Gasteiger partial charge on any atom is 0.342 e. The number of nitrogens with zero attached hydrogens (tertiary/aromatic N) is 2. The van der Waals surface area contributed by atoms with E-state index in [2.05, 4.69) is 23.3 Å². The molecule has 1 heterocycles. The minimum atomic E-state index is -0.195. The molecule has 27 heavy (non-hydrogen) atoms. The van der Waals surface area contributed by atoms with E-state index in [-0.39, 0.29) is 18.1 Å². The molecule has 0 saturated carbocycles. The van der Waals surface area contributed by atoms with Gasteiger partial charge in [0, 0.05) is 5.39 Å². The van der Waals surface area contributed by atoms with Crippen molar-refractivity contribution in [2.24, 2.45) is 0 Å². The van der Waals surface area contributed by atoms with E-state index < -0.39 is 0 Å². The van der Waals surface area contributed by atoms with E-state index in [1.165, 1.54) is 5.06 Å². The number of methoxy groups -OCH3 is 1. The molecule has 1 atom stereocenters. The van der Waals surface area contributed by atoms with Crippen LogP contribution in [0.25, 0.3) is 10.8 Å². The second-order valence-electron chi connectivity index (χ2n) is 7.12. The summed E-state index contributed by atoms with van der Waals surface area (Å²) in [7, 11) is 5.33. The Morgan fingerprint density at radius 1 is 1.15 bits per heavy atom. The number of piperidine rings is 1. The van der Waals surface area contributed by atoms with Crippen LogP contribution in [0.4, 0.5) is 4.79 Å². The summed E-state index contributed by atoms with van der Waals surface area (Å²) >= 11 is 0. The molecule has 0 aliphatic carbocycles. The lowest BCUT2D eigenvalue weighted by Gasteiger charge is -2.36. The smallest absolute Gasteiger partial charge is 0.342 e. The second kappa shape index (κ2) is 8.59. The minimum Gasteiger partial charge on any atom is -0.496 e. The fourth-order valence-electron chi connectivity index (χ4n) is 3.80. The van der Waals surface area contributed by atoms with Crippen LogP contribution in [0.1, 0.15) is 31.4 Å². The summed E-state index contributed by atoms with van der Waals surface area (Å²) in [6, 6.07) is 11.8. The monoisotopic (exact) mass is 371 g/mol. The number of ether oxygens (including phenoxy) is 1. The Morgan fingerprint density at radius 3 is 2.44 bits per heavy atom. The van der Waals surface area contributed by atoms with Crippen LogP contribution in [-0.2, 0) is 4.84 Å². The van der Waals surface area contributed by atoms with Crippen molar-refractivity contribution in [3.05, 3.63) is 42.0 Å². The van der Waals surface area contributed by atoms with E-state index in [9.17, 15) is 4.79 Å². The zero-order valence-electron chi connectivity index (χ0n) is 16.6. The molecule has 6 heteroatoms. The summed E-state index contributed by atoms with van der Waals surface area (Å²) in [5.74, 6) is 0.831. The number of fused-ring (bicyclic) bond motifs is 1. The van der Waals surface area contributed by atoms with Gasteiger partial charge in [-0.05, 0) is 56.9 Å². The first-order valence-electron chi connectivity index (χ1n) is 9.43. The number of carbonyl (C=O) groups is 1. The molecule has 3 rings (SSSR count). The SMILES string of the molecule is COc1ccc([C@@H](C)NC(=O)N(OC)C2CCN(C)CC2)c2ccccc12. The number of carbonyl (C=O) groups excluding carboxylic acids is 1. The van der Waals surface area contributed by atoms with Gasteiger partial charge in [0.2, 0.25) is 0 Å². The molecule has 1 aliphatic heterocycles. The fourth-order valence-corrected chi connectivity index (χ4v) is 3.80. The van der Waals surface area contributed by atoms with Gasteiger partial charge in [0.1, 0.15) is 5.75 Å². The Labute approximate surface area is 161 Å². The highest BCUT2D eigenvalue weighted by molar-refractivity contribution is 5.91. The molecule has 2 aromatic carbocycles. The average molecular weight is 371 g/mol. The van der Waals surface area contributed by atoms with Crippen molar-refractivity contribution in [1.82, 2.24) is 15.3 Å². The fraction of sp³-hybridized carbons (Fsp3) is 0.476. The highest BCUT2D eigenvalue weighted by Gasteiger charge is 2.28. The highest BCUT2D eigenvalue weighted by atomic mass is 16.7. The molecule has 0 bridgehead atoms. The minimum absolute atomic E-state index is 0.103. The highest BCUT2D eigenvalue weighted by Crippen LogP contribution is 2.31. The standard InChI is InChI=1S/C21H29N3O3/c1-15(17-9-10-20(26-3)19-8-6-5-7-18(17)19)22-21(25)24(27-4)16-11-13-23(2)14-12-16/h5-10,15-16H,11-14H2,1-4H3,(H,22,25)/t15-/m1/s1. The molecule has 2 amide bonds. The maximum absolute atomic E-state index is 12.8. The summed E-state index contributed by atoms with van der Waals surface area (Å²) in [4.78, 5) is 20.6. The Kier molecular flexibility index (Phi) is 6.19. The van der Waals surface area contributed by atoms with Crippen molar-refractivity contribution >= 4 is 16.8 Å². The number of amides is 2. The van der Waals surface area contributed by atoms with Crippen molar-refractivity contribution in [3.63, 3.8) is 0 Å². The third-order valence-electron chi connectivity index (χ3n) is 5.36. The average Bonchev–Trinajstić information content (AvgIpc) is 2.69. The van der Waals surface area contributed by atoms with Gasteiger partial charge < -0.3 is 15.0 Å². The van der Waals surface area contributed by atoms with Crippen LogP contribution in [0.3, 0.4) is 0 Å². The van der Waals surface area contributed by atoms with Crippen LogP contribution in [0.15, 0.2) is 36.4 Å². The van der Waals surface area contributed by atoms with Gasteiger partial charge >= 0.3 is 6.03 Å². The Morgan fingerprint density at radius 2 is 1.81 bits per heavy atom. The number of hydrogen-bond acceptors (Lipinski definition) is 4. The summed E-state index contributed by atoms with van der Waals surface area (Å²) in [6.07, 6.45) is 1.83. The summed E-state index contributed by atoms with van der Waals surface area (Å²) in [5, 5.41) is 6.70. The molecule has 0 radical (unpaired) electrons. The zero-order chi connectivity index (χ0) is 19.4. The van der Waals surface area contributed by atoms with E-state index in [4.69, 9.17) is 9.57 Å². The molecule has 1 aliphatic rings. The third-order valence-corrected chi connectivity index (χ3v) is 5.36. The van der Waals surface area contributed by atoms with Crippen LogP contribution in [0.5, 0.6) is 5.75 Å². The molecule has 0 unspecified atom stereocenters. The first-order chi connectivity index (χ1) is 13.0. The van der Waals surface area contributed by atoms with Crippen LogP contribution in [0.2, 0.25) is 0 Å². The normalized spacial score (nSPS) is 16.9. The topological polar surface area (TPSA) is 54.0 Å². The van der Waals surface area contributed by atoms with Crippen LogP contribution < -0.4 is 10.1 Å². The summed E-state index contributed by atoms with van der Waals surface area (Å²) in [5.41, 5.74) is 1.05. The number of nitrogens with one attached hydrogen (secondary N) is 1. The molecule has 146 valence electrons. The third kappa shape index (κ3) is 4.17. The molecule has 1 saturated heterocycles. The van der Waals surface area contributed by atoms with Crippen molar-refractivity contribution in [1.29, 1.82) is 0 Å². The van der Waals surface area contributed by atoms with Crippen LogP contribution in [0, 0.1) is 0 Å². The van der Waals surface area contributed by atoms with Crippen molar-refractivity contribution in [2.75, 3.05) is 34.4 Å². The largest absolute Gasteiger partial charge is 0.496 e. The van der Waals surface area contributed by atoms with E-state index in [1.54, 1.807) is 14.2 Å². The molecule has 0 spiro atoms. The first kappa shape index (κ1) is 19.5. The molecule has 0 aromatic heterocycles. The number of urea groups is 1. The van der Waals surface area contributed by atoms with Gasteiger partial charge in [0.15, 0.2) is 0 Å². The van der Waals surface area contributed by atoms with Gasteiger partial charge in [-0.15, -0.1) is 0 Å². The lowest BCUT2D eigenvalue weighted by Crippen LogP contribution is -2.50. The van der Waals surface area contributed by atoms with E-state index in [0.717, 1.165) is 48.0 Å². The maximum atomic E-state index is 12.8. The van der Waals surface area contributed by atoms with E-state index in [1.807, 2.05) is 37.3 Å². The molecular formula is C21H29N3O3. The van der Waals surface area contributed by atoms with Gasteiger partial charge in [0.25, 0.3) is 0 Å². The predicted octanol–water partition coefficient (Wildman–Crippen LogP) is 3.58. The van der Waals surface area contributed by atoms with Crippen molar-refractivity contribution in [3.8, 4) is 5.75 Å². The van der Waals surface area contributed by atoms with Gasteiger partial charge in [0.05, 0.1) is 26.3 Å². The van der Waals surface area contributed by atoms with Gasteiger partial charge in [-0.25, -0.2) is 9.86 Å². The molecule has 6 nitrogen and oxygen atoms in total. The van der Waals surface area contributed by atoms with E-state index >= 15 is 0 Å². The molecular weight excluding hydrogens is 342 g/mol. The number of benzene rings is 2. The van der Waals surface area contributed by atoms with Crippen LogP contribution in [-0.4, -0.2) is 56.4 Å². The van der Waals surface area contributed by atoms with Crippen LogP contribution >= 0.6 is 0 Å². The number of rotatable bonds is 5. The van der Waals surface area contributed by atoms with Crippen molar-refractivity contribution < 1.29 is 14.4 Å². The summed E-state index contributed by atoms with van der Waals surface area (Å²) < 4.78 is 5.47. The van der Waals surface area contributed by atoms with Gasteiger partial charge in [-0.1, -0.05) is 30.3 Å². The van der Waals surface area contributed by atoms with E-state index in [0.29, 0.717) is 0 Å². The zero-order valence-corrected chi connectivity index (χ0v) is 16.6. The number of hydroxylamine groups is 2. The van der Waals surface area contributed by atoms with Crippen molar-refractivity contribution in [2.45, 2.75) is 31.8 Å². The van der Waals surface area contributed by atoms with Gasteiger partial charge in [-0.3, -0.25) is 4.84 Å². The molecule has 1 N–H and O–H groups in total.